The van der Waals surface area contributed by atoms with Gasteiger partial charge in [-0.05, 0) is 50.3 Å². The largest absolute Gasteiger partial charge is 0.481 e. The molecule has 18 heteroatoms. The average molecular weight is 733 g/mol. The van der Waals surface area contributed by atoms with Gasteiger partial charge in [0.1, 0.15) is 17.1 Å². The Morgan fingerprint density at radius 1 is 1.02 bits per heavy atom. The molecule has 0 unspecified atom stereocenters. The van der Waals surface area contributed by atoms with E-state index < -0.39 is 39.6 Å². The van der Waals surface area contributed by atoms with Crippen LogP contribution in [0.2, 0.25) is 0 Å². The number of aryl methyl sites for hydroxylation is 1. The predicted molar refractivity (Wildman–Crippen MR) is 184 cm³/mol. The molecule has 51 heavy (non-hydrogen) atoms. The van der Waals surface area contributed by atoms with Gasteiger partial charge in [-0.1, -0.05) is 13.0 Å². The highest BCUT2D eigenvalue weighted by molar-refractivity contribution is 7.88. The van der Waals surface area contributed by atoms with E-state index in [1.807, 2.05) is 0 Å². The van der Waals surface area contributed by atoms with E-state index in [0.717, 1.165) is 25.5 Å². The third-order valence-corrected chi connectivity index (χ3v) is 9.99. The number of sulfonamides is 1. The molecule has 1 saturated heterocycles. The number of methoxy groups -OCH3 is 1. The molecule has 2 fully saturated rings. The molecule has 5 rings (SSSR count). The number of aromatic nitrogens is 3. The minimum absolute atomic E-state index is 0.00996. The second kappa shape index (κ2) is 15.1. The number of piperazine rings is 1. The first-order chi connectivity index (χ1) is 24.0. The highest BCUT2D eigenvalue weighted by atomic mass is 32.2. The number of anilines is 5. The number of hydrogen-bond donors (Lipinski definition) is 3. The number of carbonyl (C=O) groups excluding carboxylic acids is 2. The van der Waals surface area contributed by atoms with Crippen LogP contribution in [0.3, 0.4) is 0 Å². The van der Waals surface area contributed by atoms with Gasteiger partial charge in [-0.15, -0.1) is 0 Å². The predicted octanol–water partition coefficient (Wildman–Crippen LogP) is 4.86. The van der Waals surface area contributed by atoms with E-state index in [1.165, 1.54) is 47.6 Å². The van der Waals surface area contributed by atoms with Gasteiger partial charge in [0.25, 0.3) is 11.8 Å². The van der Waals surface area contributed by atoms with Crippen molar-refractivity contribution < 1.29 is 40.7 Å². The molecule has 3 N–H and O–H groups in total. The third kappa shape index (κ3) is 9.04. The van der Waals surface area contributed by atoms with Gasteiger partial charge in [-0.25, -0.2) is 18.4 Å². The molecule has 2 aromatic heterocycles. The second-order valence-corrected chi connectivity index (χ2v) is 14.3. The lowest BCUT2D eigenvalue weighted by Gasteiger charge is -2.34. The fourth-order valence-corrected chi connectivity index (χ4v) is 6.28. The van der Waals surface area contributed by atoms with Crippen LogP contribution in [-0.2, 0) is 25.8 Å². The SMILES string of the molecule is C=C(C(=O)Nc1cc(O[C@@H](C)C(=O)N2CCN(S(C)(=O)=O)CC2)ccc1Nc1nc(Nc2cc(OC)ncc2C)ncc1C(F)(F)F)C1CCC1. The van der Waals surface area contributed by atoms with E-state index in [1.54, 1.807) is 13.0 Å². The molecule has 3 aromatic rings. The van der Waals surface area contributed by atoms with Crippen LogP contribution in [0.1, 0.15) is 37.3 Å². The summed E-state index contributed by atoms with van der Waals surface area (Å²) in [6.45, 7) is 7.84. The number of alkyl halides is 3. The summed E-state index contributed by atoms with van der Waals surface area (Å²) in [7, 11) is -1.96. The standard InChI is InChI=1S/C33H39F3N8O6S/c1-19-17-37-28(49-4)16-26(19)41-32-38-18-24(33(34,35)36)29(42-32)39-25-10-9-23(15-27(25)40-30(45)20(2)22-7-6-8-22)50-21(3)31(46)43-11-13-44(14-12-43)51(5,47)48/h9-10,15-18,21-22H,2,6-8,11-14H2,1,3-5H3,(H,40,45)(H2,37,38,39,41,42)/t21-/m0/s1. The maximum absolute atomic E-state index is 14.2. The Morgan fingerprint density at radius 2 is 1.73 bits per heavy atom. The minimum Gasteiger partial charge on any atom is -0.481 e. The second-order valence-electron chi connectivity index (χ2n) is 12.3. The van der Waals surface area contributed by atoms with Crippen molar-refractivity contribution in [2.45, 2.75) is 45.4 Å². The van der Waals surface area contributed by atoms with E-state index in [2.05, 4.69) is 37.5 Å². The van der Waals surface area contributed by atoms with E-state index in [9.17, 15) is 31.2 Å². The van der Waals surface area contributed by atoms with Gasteiger partial charge in [0.2, 0.25) is 21.9 Å². The Balaban J connectivity index is 1.42. The summed E-state index contributed by atoms with van der Waals surface area (Å²) in [6.07, 6.45) is -0.0259. The van der Waals surface area contributed by atoms with Crippen LogP contribution in [0.15, 0.2) is 48.8 Å². The number of nitrogens with one attached hydrogen (secondary N) is 3. The summed E-state index contributed by atoms with van der Waals surface area (Å²) in [5.74, 6) is -1.26. The van der Waals surface area contributed by atoms with E-state index in [-0.39, 0.29) is 67.0 Å². The third-order valence-electron chi connectivity index (χ3n) is 8.69. The van der Waals surface area contributed by atoms with E-state index in [0.29, 0.717) is 23.0 Å². The van der Waals surface area contributed by atoms with Gasteiger partial charge in [0.15, 0.2) is 6.10 Å². The van der Waals surface area contributed by atoms with Gasteiger partial charge in [-0.2, -0.15) is 22.5 Å². The zero-order valence-electron chi connectivity index (χ0n) is 28.5. The smallest absolute Gasteiger partial charge is 0.421 e. The number of rotatable bonds is 12. The number of ether oxygens (including phenoxy) is 2. The fraction of sp³-hybridized carbons (Fsp3) is 0.424. The van der Waals surface area contributed by atoms with Crippen molar-refractivity contribution in [3.63, 3.8) is 0 Å². The molecule has 2 amide bonds. The molecule has 2 aliphatic rings. The fourth-order valence-electron chi connectivity index (χ4n) is 5.45. The average Bonchev–Trinajstić information content (AvgIpc) is 3.05. The first-order valence-electron chi connectivity index (χ1n) is 16.1. The van der Waals surface area contributed by atoms with Crippen LogP contribution in [0, 0.1) is 12.8 Å². The normalized spacial score (nSPS) is 16.1. The lowest BCUT2D eigenvalue weighted by molar-refractivity contribution is -0.139. The summed E-state index contributed by atoms with van der Waals surface area (Å²) < 4.78 is 78.7. The summed E-state index contributed by atoms with van der Waals surface area (Å²) in [4.78, 5) is 40.0. The van der Waals surface area contributed by atoms with Crippen LogP contribution in [0.25, 0.3) is 0 Å². The topological polar surface area (TPSA) is 168 Å². The van der Waals surface area contributed by atoms with Crippen LogP contribution < -0.4 is 25.4 Å². The molecule has 0 radical (unpaired) electrons. The van der Waals surface area contributed by atoms with E-state index in [4.69, 9.17) is 9.47 Å². The Morgan fingerprint density at radius 3 is 2.33 bits per heavy atom. The molecule has 3 heterocycles. The zero-order chi connectivity index (χ0) is 37.1. The van der Waals surface area contributed by atoms with Gasteiger partial charge >= 0.3 is 6.18 Å². The Hall–Kier alpha value is -4.97. The maximum Gasteiger partial charge on any atom is 0.421 e. The quantitative estimate of drug-likeness (QED) is 0.218. The molecule has 274 valence electrons. The van der Waals surface area contributed by atoms with Gasteiger partial charge in [0.05, 0.1) is 30.4 Å². The lowest BCUT2D eigenvalue weighted by atomic mass is 9.80. The van der Waals surface area contributed by atoms with Crippen molar-refractivity contribution in [2.24, 2.45) is 5.92 Å². The minimum atomic E-state index is -4.84. The molecular weight excluding hydrogens is 693 g/mol. The van der Waals surface area contributed by atoms with Crippen molar-refractivity contribution in [1.82, 2.24) is 24.2 Å². The summed E-state index contributed by atoms with van der Waals surface area (Å²) in [5.41, 5.74) is 0.384. The summed E-state index contributed by atoms with van der Waals surface area (Å²) in [6, 6.07) is 5.77. The van der Waals surface area contributed by atoms with Crippen molar-refractivity contribution >= 4 is 50.7 Å². The van der Waals surface area contributed by atoms with Gasteiger partial charge < -0.3 is 30.3 Å². The monoisotopic (exact) mass is 732 g/mol. The number of benzene rings is 1. The lowest BCUT2D eigenvalue weighted by Crippen LogP contribution is -2.53. The number of pyridine rings is 1. The first kappa shape index (κ1) is 37.3. The van der Waals surface area contributed by atoms with Gasteiger partial charge in [-0.3, -0.25) is 9.59 Å². The zero-order valence-corrected chi connectivity index (χ0v) is 29.3. The van der Waals surface area contributed by atoms with E-state index >= 15 is 0 Å². The molecule has 1 saturated carbocycles. The van der Waals surface area contributed by atoms with Crippen molar-refractivity contribution in [1.29, 1.82) is 0 Å². The van der Waals surface area contributed by atoms with Crippen molar-refractivity contribution in [3.8, 4) is 11.6 Å². The molecule has 1 atom stereocenters. The number of nitrogens with zero attached hydrogens (tertiary/aromatic N) is 5. The van der Waals surface area contributed by atoms with Crippen molar-refractivity contribution in [3.05, 3.63) is 59.9 Å². The molecule has 14 nitrogen and oxygen atoms in total. The Kier molecular flexibility index (Phi) is 11.0. The van der Waals surface area contributed by atoms with Crippen molar-refractivity contribution in [2.75, 3.05) is 55.5 Å². The van der Waals surface area contributed by atoms with Crippen LogP contribution in [-0.4, -0.2) is 90.0 Å². The molecule has 1 aromatic carbocycles. The first-order valence-corrected chi connectivity index (χ1v) is 17.9. The molecule has 0 spiro atoms. The van der Waals surface area contributed by atoms with Crippen LogP contribution >= 0.6 is 0 Å². The molecule has 1 aliphatic heterocycles. The number of amides is 2. The Labute approximate surface area is 293 Å². The molecular formula is C33H39F3N8O6S. The number of hydrogen-bond acceptors (Lipinski definition) is 11. The number of halogens is 3. The van der Waals surface area contributed by atoms with Gasteiger partial charge in [0, 0.05) is 56.3 Å². The molecule has 1 aliphatic carbocycles. The maximum atomic E-state index is 14.2. The number of carbonyl (C=O) groups is 2. The summed E-state index contributed by atoms with van der Waals surface area (Å²) in [5, 5.41) is 8.34. The van der Waals surface area contributed by atoms with Crippen LogP contribution in [0.5, 0.6) is 11.6 Å². The summed E-state index contributed by atoms with van der Waals surface area (Å²) >= 11 is 0. The highest BCUT2D eigenvalue weighted by Gasteiger charge is 2.36. The molecule has 0 bridgehead atoms. The highest BCUT2D eigenvalue weighted by Crippen LogP contribution is 2.39. The Bertz CT molecular complexity index is 1910. The van der Waals surface area contributed by atoms with Crippen LogP contribution in [0.4, 0.5) is 42.0 Å².